The van der Waals surface area contributed by atoms with E-state index in [1.165, 1.54) is 0 Å². The van der Waals surface area contributed by atoms with Crippen molar-refractivity contribution in [3.05, 3.63) is 33.2 Å². The summed E-state index contributed by atoms with van der Waals surface area (Å²) in [6.07, 6.45) is 1.35. The Hall–Kier alpha value is -2.21. The highest BCUT2D eigenvalue weighted by Crippen LogP contribution is 2.36. The molecule has 1 aromatic carbocycles. The number of hydrogen-bond donors (Lipinski definition) is 2. The second kappa shape index (κ2) is 7.43. The van der Waals surface area contributed by atoms with Gasteiger partial charge in [0.1, 0.15) is 5.82 Å². The predicted molar refractivity (Wildman–Crippen MR) is 106 cm³/mol. The largest absolute Gasteiger partial charge is 0.454 e. The molecule has 10 heteroatoms. The number of ether oxygens (including phenoxy) is 2. The molecule has 0 radical (unpaired) electrons. The van der Waals surface area contributed by atoms with E-state index in [0.717, 1.165) is 33.5 Å². The van der Waals surface area contributed by atoms with E-state index in [0.29, 0.717) is 36.4 Å². The number of unbranched alkanes of at least 4 members (excludes halogenated alkanes) is 1. The molecule has 2 aromatic heterocycles. The van der Waals surface area contributed by atoms with Crippen LogP contribution in [0.5, 0.6) is 11.5 Å². The summed E-state index contributed by atoms with van der Waals surface area (Å²) >= 11 is 2.26. The Labute approximate surface area is 168 Å². The summed E-state index contributed by atoms with van der Waals surface area (Å²) in [7, 11) is 0. The molecule has 0 saturated heterocycles. The Kier molecular flexibility index (Phi) is 5.00. The molecule has 3 aromatic rings. The average Bonchev–Trinajstić information content (AvgIpc) is 3.20. The van der Waals surface area contributed by atoms with Crippen molar-refractivity contribution in [2.45, 2.75) is 25.8 Å². The van der Waals surface area contributed by atoms with E-state index >= 15 is 0 Å². The molecule has 27 heavy (non-hydrogen) atoms. The second-order valence-electron chi connectivity index (χ2n) is 6.20. The number of nitrogen functional groups attached to an aromatic ring is 1. The van der Waals surface area contributed by atoms with Crippen LogP contribution in [0.2, 0.25) is 0 Å². The van der Waals surface area contributed by atoms with Crippen molar-refractivity contribution in [3.8, 4) is 11.5 Å². The predicted octanol–water partition coefficient (Wildman–Crippen LogP) is 2.21. The number of nitrogens with two attached hydrogens (primary N) is 2. The average molecular weight is 484 g/mol. The van der Waals surface area contributed by atoms with Crippen molar-refractivity contribution in [2.75, 3.05) is 19.1 Å². The van der Waals surface area contributed by atoms with E-state index in [1.807, 2.05) is 16.7 Å². The van der Waals surface area contributed by atoms with E-state index < -0.39 is 6.08 Å². The van der Waals surface area contributed by atoms with Crippen molar-refractivity contribution in [3.63, 3.8) is 0 Å². The van der Waals surface area contributed by atoms with Gasteiger partial charge < -0.3 is 25.5 Å². The number of aromatic nitrogens is 4. The summed E-state index contributed by atoms with van der Waals surface area (Å²) in [4.78, 5) is 12.1. The Morgan fingerprint density at radius 2 is 1.93 bits per heavy atom. The van der Waals surface area contributed by atoms with Gasteiger partial charge in [0.05, 0.1) is 0 Å². The van der Waals surface area contributed by atoms with Crippen LogP contribution in [0.1, 0.15) is 24.2 Å². The maximum Gasteiger partial charge on any atom is 0.312 e. The first kappa shape index (κ1) is 18.2. The first-order chi connectivity index (χ1) is 13.1. The lowest BCUT2D eigenvalue weighted by Gasteiger charge is -2.10. The lowest BCUT2D eigenvalue weighted by atomic mass is 10.1. The lowest BCUT2D eigenvalue weighted by Crippen LogP contribution is -2.09. The molecule has 3 heterocycles. The molecule has 8 nitrogen and oxygen atoms in total. The normalized spacial score (nSPS) is 12.9. The molecule has 0 saturated carbocycles. The third-order valence-corrected chi connectivity index (χ3v) is 5.40. The molecule has 0 unspecified atom stereocenters. The molecule has 0 bridgehead atoms. The standard InChI is InChI=1S/C17H18FIN6O2/c18-17-23-15(21)14-16(24-17)25(4-2-1-3-20)13(22-14)6-9-5-11-12(7-10(9)19)27-8-26-11/h5,7H,1-4,6,8,20H2,(H2,21,23,24). The lowest BCUT2D eigenvalue weighted by molar-refractivity contribution is 0.174. The molecule has 0 spiro atoms. The van der Waals surface area contributed by atoms with Crippen molar-refractivity contribution in [2.24, 2.45) is 5.73 Å². The minimum Gasteiger partial charge on any atom is -0.454 e. The fourth-order valence-corrected chi connectivity index (χ4v) is 3.72. The quantitative estimate of drug-likeness (QED) is 0.313. The Bertz CT molecular complexity index is 1010. The van der Waals surface area contributed by atoms with Crippen LogP contribution in [0, 0.1) is 9.65 Å². The summed E-state index contributed by atoms with van der Waals surface area (Å²) in [5.41, 5.74) is 13.3. The molecule has 1 aliphatic rings. The van der Waals surface area contributed by atoms with Gasteiger partial charge in [0.2, 0.25) is 6.79 Å². The molecule has 4 N–H and O–H groups in total. The highest BCUT2D eigenvalue weighted by atomic mass is 127. The number of imidazole rings is 1. The number of hydrogen-bond acceptors (Lipinski definition) is 7. The van der Waals surface area contributed by atoms with Crippen LogP contribution < -0.4 is 20.9 Å². The Balaban J connectivity index is 1.76. The number of halogens is 2. The van der Waals surface area contributed by atoms with Gasteiger partial charge in [0.25, 0.3) is 0 Å². The van der Waals surface area contributed by atoms with Gasteiger partial charge in [-0.25, -0.2) is 4.98 Å². The first-order valence-electron chi connectivity index (χ1n) is 8.53. The van der Waals surface area contributed by atoms with Crippen molar-refractivity contribution in [1.82, 2.24) is 19.5 Å². The Morgan fingerprint density at radius 1 is 1.15 bits per heavy atom. The van der Waals surface area contributed by atoms with Gasteiger partial charge in [-0.15, -0.1) is 0 Å². The van der Waals surface area contributed by atoms with E-state index in [1.54, 1.807) is 0 Å². The molecule has 0 amide bonds. The highest BCUT2D eigenvalue weighted by molar-refractivity contribution is 14.1. The summed E-state index contributed by atoms with van der Waals surface area (Å²) in [6, 6.07) is 3.89. The van der Waals surface area contributed by atoms with Crippen molar-refractivity contribution < 1.29 is 13.9 Å². The number of anilines is 1. The molecule has 1 aliphatic heterocycles. The van der Waals surface area contributed by atoms with Crippen LogP contribution in [0.4, 0.5) is 10.2 Å². The topological polar surface area (TPSA) is 114 Å². The molecular formula is C17H18FIN6O2. The maximum absolute atomic E-state index is 13.7. The van der Waals surface area contributed by atoms with Gasteiger partial charge in [-0.05, 0) is 59.7 Å². The highest BCUT2D eigenvalue weighted by Gasteiger charge is 2.20. The van der Waals surface area contributed by atoms with Gasteiger partial charge >= 0.3 is 6.08 Å². The van der Waals surface area contributed by atoms with Crippen LogP contribution in [-0.4, -0.2) is 32.9 Å². The first-order valence-corrected chi connectivity index (χ1v) is 9.61. The molecule has 0 fully saturated rings. The van der Waals surface area contributed by atoms with Crippen LogP contribution >= 0.6 is 22.6 Å². The van der Waals surface area contributed by atoms with Crippen LogP contribution in [0.25, 0.3) is 11.2 Å². The third kappa shape index (κ3) is 3.50. The molecule has 0 atom stereocenters. The van der Waals surface area contributed by atoms with E-state index in [9.17, 15) is 4.39 Å². The third-order valence-electron chi connectivity index (χ3n) is 4.40. The fraction of sp³-hybridized carbons (Fsp3) is 0.353. The summed E-state index contributed by atoms with van der Waals surface area (Å²) in [5.74, 6) is 2.22. The minimum atomic E-state index is -0.857. The summed E-state index contributed by atoms with van der Waals surface area (Å²) in [6.45, 7) is 1.44. The van der Waals surface area contributed by atoms with Crippen LogP contribution in [-0.2, 0) is 13.0 Å². The van der Waals surface area contributed by atoms with E-state index in [-0.39, 0.29) is 12.6 Å². The molecule has 4 rings (SSSR count). The van der Waals surface area contributed by atoms with Crippen LogP contribution in [0.3, 0.4) is 0 Å². The molecule has 142 valence electrons. The maximum atomic E-state index is 13.7. The molecular weight excluding hydrogens is 466 g/mol. The summed E-state index contributed by atoms with van der Waals surface area (Å²) in [5, 5.41) is 0. The zero-order chi connectivity index (χ0) is 19.0. The Morgan fingerprint density at radius 3 is 2.70 bits per heavy atom. The monoisotopic (exact) mass is 484 g/mol. The van der Waals surface area contributed by atoms with Crippen LogP contribution in [0.15, 0.2) is 12.1 Å². The van der Waals surface area contributed by atoms with Gasteiger partial charge in [-0.3, -0.25) is 0 Å². The van der Waals surface area contributed by atoms with E-state index in [4.69, 9.17) is 20.9 Å². The number of aryl methyl sites for hydroxylation is 1. The van der Waals surface area contributed by atoms with Gasteiger partial charge in [-0.2, -0.15) is 14.4 Å². The second-order valence-corrected chi connectivity index (χ2v) is 7.36. The molecule has 0 aliphatic carbocycles. The number of fused-ring (bicyclic) bond motifs is 2. The summed E-state index contributed by atoms with van der Waals surface area (Å²) < 4.78 is 27.5. The minimum absolute atomic E-state index is 0.0386. The number of benzene rings is 1. The van der Waals surface area contributed by atoms with Gasteiger partial charge in [0.15, 0.2) is 28.5 Å². The SMILES string of the molecule is NCCCCn1c(Cc2cc3c(cc2I)OCO3)nc2c(N)nc(F)nc21. The van der Waals surface area contributed by atoms with E-state index in [2.05, 4.69) is 37.5 Å². The van der Waals surface area contributed by atoms with Crippen molar-refractivity contribution >= 4 is 39.6 Å². The number of rotatable bonds is 6. The van der Waals surface area contributed by atoms with Gasteiger partial charge in [0, 0.05) is 16.5 Å². The number of nitrogens with zero attached hydrogens (tertiary/aromatic N) is 4. The van der Waals surface area contributed by atoms with Crippen molar-refractivity contribution in [1.29, 1.82) is 0 Å². The van der Waals surface area contributed by atoms with Gasteiger partial charge in [-0.1, -0.05) is 0 Å². The zero-order valence-electron chi connectivity index (χ0n) is 14.4. The zero-order valence-corrected chi connectivity index (χ0v) is 16.6. The fourth-order valence-electron chi connectivity index (χ4n) is 3.09. The smallest absolute Gasteiger partial charge is 0.312 e.